The molecule has 1 aliphatic heterocycles. The van der Waals surface area contributed by atoms with Crippen LogP contribution in [-0.2, 0) is 22.4 Å². The summed E-state index contributed by atoms with van der Waals surface area (Å²) in [6.45, 7) is 10.4. The normalized spacial score (nSPS) is 22.5. The highest BCUT2D eigenvalue weighted by molar-refractivity contribution is 5.93. The fraction of sp³-hybridized carbons (Fsp3) is 0.611. The molecule has 1 aromatic rings. The molecule has 122 valence electrons. The number of para-hydroxylation sites is 1. The van der Waals surface area contributed by atoms with Gasteiger partial charge >= 0.3 is 0 Å². The third-order valence-corrected chi connectivity index (χ3v) is 4.13. The van der Waals surface area contributed by atoms with Gasteiger partial charge < -0.3 is 10.1 Å². The predicted octanol–water partition coefficient (Wildman–Crippen LogP) is 2.86. The lowest BCUT2D eigenvalue weighted by molar-refractivity contribution is -0.121. The topological polar surface area (TPSA) is 41.6 Å². The minimum atomic E-state index is 0.0666. The first-order chi connectivity index (χ1) is 10.5. The zero-order chi connectivity index (χ0) is 16.1. The second-order valence-corrected chi connectivity index (χ2v) is 6.16. The van der Waals surface area contributed by atoms with Crippen LogP contribution in [0.5, 0.6) is 0 Å². The standard InChI is InChI=1S/C18H28N2O2/c1-5-15-8-7-9-16(6-2)18(15)19-17(21)12-20-10-13(3)22-14(4)11-20/h7-9,13-14H,5-6,10-12H2,1-4H3,(H,19,21)/t13-,14+. The van der Waals surface area contributed by atoms with Crippen LogP contribution in [0.2, 0.25) is 0 Å². The molecule has 22 heavy (non-hydrogen) atoms. The number of carbonyl (C=O) groups excluding carboxylic acids is 1. The lowest BCUT2D eigenvalue weighted by atomic mass is 10.0. The number of benzene rings is 1. The van der Waals surface area contributed by atoms with E-state index in [4.69, 9.17) is 4.74 Å². The molecule has 1 aromatic carbocycles. The van der Waals surface area contributed by atoms with Gasteiger partial charge in [-0.05, 0) is 37.8 Å². The highest BCUT2D eigenvalue weighted by atomic mass is 16.5. The first-order valence-electron chi connectivity index (χ1n) is 8.31. The van der Waals surface area contributed by atoms with E-state index in [-0.39, 0.29) is 18.1 Å². The van der Waals surface area contributed by atoms with Crippen molar-refractivity contribution < 1.29 is 9.53 Å². The van der Waals surface area contributed by atoms with Crippen LogP contribution in [0.25, 0.3) is 0 Å². The van der Waals surface area contributed by atoms with E-state index < -0.39 is 0 Å². The molecule has 2 rings (SSSR count). The summed E-state index contributed by atoms with van der Waals surface area (Å²) >= 11 is 0. The Morgan fingerprint density at radius 3 is 2.23 bits per heavy atom. The maximum atomic E-state index is 12.4. The molecule has 0 radical (unpaired) electrons. The lowest BCUT2D eigenvalue weighted by Crippen LogP contribution is -2.48. The fourth-order valence-electron chi connectivity index (χ4n) is 3.20. The molecule has 1 aliphatic rings. The number of ether oxygens (including phenoxy) is 1. The Kier molecular flexibility index (Phi) is 5.98. The Hall–Kier alpha value is -1.39. The second kappa shape index (κ2) is 7.75. The van der Waals surface area contributed by atoms with Crippen molar-refractivity contribution >= 4 is 11.6 Å². The number of rotatable bonds is 5. The zero-order valence-corrected chi connectivity index (χ0v) is 14.2. The Morgan fingerprint density at radius 2 is 1.73 bits per heavy atom. The van der Waals surface area contributed by atoms with Crippen LogP contribution in [0.1, 0.15) is 38.8 Å². The van der Waals surface area contributed by atoms with Gasteiger partial charge in [0.05, 0.1) is 18.8 Å². The van der Waals surface area contributed by atoms with Crippen LogP contribution in [0.15, 0.2) is 18.2 Å². The number of amides is 1. The highest BCUT2D eigenvalue weighted by Crippen LogP contribution is 2.22. The lowest BCUT2D eigenvalue weighted by Gasteiger charge is -2.34. The van der Waals surface area contributed by atoms with Crippen LogP contribution in [0.4, 0.5) is 5.69 Å². The smallest absolute Gasteiger partial charge is 0.238 e. The molecule has 4 heteroatoms. The summed E-state index contributed by atoms with van der Waals surface area (Å²) in [7, 11) is 0. The SMILES string of the molecule is CCc1cccc(CC)c1NC(=O)CN1C[C@@H](C)O[C@@H](C)C1. The number of carbonyl (C=O) groups is 1. The third-order valence-electron chi connectivity index (χ3n) is 4.13. The van der Waals surface area contributed by atoms with Crippen molar-refractivity contribution in [3.05, 3.63) is 29.3 Å². The molecule has 1 N–H and O–H groups in total. The van der Waals surface area contributed by atoms with Crippen molar-refractivity contribution in [2.24, 2.45) is 0 Å². The molecule has 0 saturated carbocycles. The molecule has 0 spiro atoms. The number of anilines is 1. The van der Waals surface area contributed by atoms with E-state index in [0.29, 0.717) is 6.54 Å². The summed E-state index contributed by atoms with van der Waals surface area (Å²) in [6, 6.07) is 6.25. The minimum Gasteiger partial charge on any atom is -0.373 e. The average molecular weight is 304 g/mol. The molecule has 0 unspecified atom stereocenters. The summed E-state index contributed by atoms with van der Waals surface area (Å²) in [4.78, 5) is 14.6. The van der Waals surface area contributed by atoms with Gasteiger partial charge in [0.15, 0.2) is 0 Å². The van der Waals surface area contributed by atoms with Gasteiger partial charge in [-0.25, -0.2) is 0 Å². The molecule has 1 saturated heterocycles. The Balaban J connectivity index is 2.03. The van der Waals surface area contributed by atoms with Crippen molar-refractivity contribution in [2.45, 2.75) is 52.7 Å². The minimum absolute atomic E-state index is 0.0666. The summed E-state index contributed by atoms with van der Waals surface area (Å²) in [5, 5.41) is 3.14. The highest BCUT2D eigenvalue weighted by Gasteiger charge is 2.24. The van der Waals surface area contributed by atoms with Crippen molar-refractivity contribution in [2.75, 3.05) is 25.0 Å². The average Bonchev–Trinajstić information content (AvgIpc) is 2.46. The van der Waals surface area contributed by atoms with Gasteiger partial charge in [-0.3, -0.25) is 9.69 Å². The maximum absolute atomic E-state index is 12.4. The Morgan fingerprint density at radius 1 is 1.18 bits per heavy atom. The Bertz CT molecular complexity index is 484. The molecule has 1 amide bonds. The fourth-order valence-corrected chi connectivity index (χ4v) is 3.20. The quantitative estimate of drug-likeness (QED) is 0.909. The summed E-state index contributed by atoms with van der Waals surface area (Å²) in [5.74, 6) is 0.0666. The van der Waals surface area contributed by atoms with E-state index in [9.17, 15) is 4.79 Å². The number of hydrogen-bond donors (Lipinski definition) is 1. The van der Waals surface area contributed by atoms with Gasteiger partial charge in [-0.1, -0.05) is 32.0 Å². The monoisotopic (exact) mass is 304 g/mol. The van der Waals surface area contributed by atoms with Crippen LogP contribution in [-0.4, -0.2) is 42.6 Å². The van der Waals surface area contributed by atoms with E-state index >= 15 is 0 Å². The molecular formula is C18H28N2O2. The van der Waals surface area contributed by atoms with Crippen molar-refractivity contribution in [1.29, 1.82) is 0 Å². The zero-order valence-electron chi connectivity index (χ0n) is 14.2. The van der Waals surface area contributed by atoms with Crippen LogP contribution < -0.4 is 5.32 Å². The molecule has 0 aliphatic carbocycles. The predicted molar refractivity (Wildman–Crippen MR) is 90.3 cm³/mol. The Labute approximate surface area is 133 Å². The van der Waals surface area contributed by atoms with E-state index in [0.717, 1.165) is 31.6 Å². The van der Waals surface area contributed by atoms with Crippen molar-refractivity contribution in [1.82, 2.24) is 4.90 Å². The van der Waals surface area contributed by atoms with E-state index in [1.165, 1.54) is 11.1 Å². The number of morpholine rings is 1. The van der Waals surface area contributed by atoms with Gasteiger partial charge in [0.2, 0.25) is 5.91 Å². The number of hydrogen-bond acceptors (Lipinski definition) is 3. The molecule has 0 bridgehead atoms. The van der Waals surface area contributed by atoms with E-state index in [1.54, 1.807) is 0 Å². The maximum Gasteiger partial charge on any atom is 0.238 e. The van der Waals surface area contributed by atoms with Crippen molar-refractivity contribution in [3.63, 3.8) is 0 Å². The van der Waals surface area contributed by atoms with Crippen LogP contribution in [0, 0.1) is 0 Å². The van der Waals surface area contributed by atoms with Gasteiger partial charge in [0.1, 0.15) is 0 Å². The van der Waals surface area contributed by atoms with Crippen LogP contribution in [0.3, 0.4) is 0 Å². The number of nitrogens with one attached hydrogen (secondary N) is 1. The summed E-state index contributed by atoms with van der Waals surface area (Å²) in [5.41, 5.74) is 3.42. The molecule has 4 nitrogen and oxygen atoms in total. The summed E-state index contributed by atoms with van der Waals surface area (Å²) < 4.78 is 5.72. The number of nitrogens with zero attached hydrogens (tertiary/aromatic N) is 1. The second-order valence-electron chi connectivity index (χ2n) is 6.16. The van der Waals surface area contributed by atoms with E-state index in [1.807, 2.05) is 0 Å². The molecule has 0 aromatic heterocycles. The molecule has 1 heterocycles. The third kappa shape index (κ3) is 4.31. The van der Waals surface area contributed by atoms with Gasteiger partial charge in [0.25, 0.3) is 0 Å². The van der Waals surface area contributed by atoms with Gasteiger partial charge in [-0.15, -0.1) is 0 Å². The van der Waals surface area contributed by atoms with Crippen molar-refractivity contribution in [3.8, 4) is 0 Å². The van der Waals surface area contributed by atoms with E-state index in [2.05, 4.69) is 56.1 Å². The largest absolute Gasteiger partial charge is 0.373 e. The molecule has 2 atom stereocenters. The first-order valence-corrected chi connectivity index (χ1v) is 8.31. The summed E-state index contributed by atoms with van der Waals surface area (Å²) in [6.07, 6.45) is 2.22. The molecule has 1 fully saturated rings. The van der Waals surface area contributed by atoms with Gasteiger partial charge in [-0.2, -0.15) is 0 Å². The molecular weight excluding hydrogens is 276 g/mol. The van der Waals surface area contributed by atoms with Gasteiger partial charge in [0, 0.05) is 18.8 Å². The van der Waals surface area contributed by atoms with Crippen LogP contribution >= 0.6 is 0 Å². The number of aryl methyl sites for hydroxylation is 2. The first kappa shape index (κ1) is 17.0.